The first kappa shape index (κ1) is 18.1. The molecule has 2 fully saturated rings. The second kappa shape index (κ2) is 8.15. The maximum Gasteiger partial charge on any atom is 0.251 e. The number of halogens is 1. The van der Waals surface area contributed by atoms with Crippen LogP contribution in [0.3, 0.4) is 0 Å². The van der Waals surface area contributed by atoms with Crippen LogP contribution >= 0.6 is 0 Å². The molecule has 1 aromatic rings. The van der Waals surface area contributed by atoms with Crippen molar-refractivity contribution in [1.29, 1.82) is 0 Å². The molecule has 0 radical (unpaired) electrons. The van der Waals surface area contributed by atoms with Crippen molar-refractivity contribution in [3.63, 3.8) is 0 Å². The summed E-state index contributed by atoms with van der Waals surface area (Å²) in [4.78, 5) is 16.5. The number of carbonyl (C=O) groups is 1. The lowest BCUT2D eigenvalue weighted by molar-refractivity contribution is -0.139. The highest BCUT2D eigenvalue weighted by Crippen LogP contribution is 2.29. The molecular weight excluding hydrogens is 321 g/mol. The van der Waals surface area contributed by atoms with Gasteiger partial charge in [-0.25, -0.2) is 4.39 Å². The average molecular weight is 349 g/mol. The third kappa shape index (κ3) is 4.50. The Balaban J connectivity index is 1.34. The Hall–Kier alpha value is -1.66. The number of aliphatic hydroxyl groups is 1. The quantitative estimate of drug-likeness (QED) is 0.769. The molecule has 6 heteroatoms. The van der Waals surface area contributed by atoms with Gasteiger partial charge in [0.1, 0.15) is 11.4 Å². The van der Waals surface area contributed by atoms with Crippen molar-refractivity contribution in [2.75, 3.05) is 44.2 Å². The number of nitrogens with zero attached hydrogens (tertiary/aromatic N) is 2. The van der Waals surface area contributed by atoms with Gasteiger partial charge in [-0.15, -0.1) is 0 Å². The standard InChI is InChI=1S/C19H28FN3O2/c20-16-6-1-2-7-17(16)23-14-12-22(13-15-23)11-5-10-21-18(24)19(25)8-3-4-9-19/h1-2,6-7,25H,3-5,8-15H2,(H,21,24). The van der Waals surface area contributed by atoms with Crippen molar-refractivity contribution < 1.29 is 14.3 Å². The van der Waals surface area contributed by atoms with Gasteiger partial charge < -0.3 is 15.3 Å². The fourth-order valence-corrected chi connectivity index (χ4v) is 3.78. The molecule has 1 heterocycles. The van der Waals surface area contributed by atoms with Gasteiger partial charge in [0.2, 0.25) is 0 Å². The van der Waals surface area contributed by atoms with E-state index in [2.05, 4.69) is 15.1 Å². The molecule has 1 aliphatic carbocycles. The average Bonchev–Trinajstić information content (AvgIpc) is 3.08. The van der Waals surface area contributed by atoms with Crippen molar-refractivity contribution in [2.24, 2.45) is 0 Å². The predicted octanol–water partition coefficient (Wildman–Crippen LogP) is 1.76. The first-order valence-corrected chi connectivity index (χ1v) is 9.31. The summed E-state index contributed by atoms with van der Waals surface area (Å²) in [5, 5.41) is 13.1. The monoisotopic (exact) mass is 349 g/mol. The van der Waals surface area contributed by atoms with Gasteiger partial charge in [-0.05, 0) is 50.8 Å². The van der Waals surface area contributed by atoms with E-state index < -0.39 is 5.60 Å². The lowest BCUT2D eigenvalue weighted by Gasteiger charge is -2.36. The summed E-state index contributed by atoms with van der Waals surface area (Å²) in [7, 11) is 0. The summed E-state index contributed by atoms with van der Waals surface area (Å²) >= 11 is 0. The second-order valence-corrected chi connectivity index (χ2v) is 7.13. The fraction of sp³-hybridized carbons (Fsp3) is 0.632. The zero-order chi connectivity index (χ0) is 17.7. The van der Waals surface area contributed by atoms with Gasteiger partial charge in [0.15, 0.2) is 0 Å². The van der Waals surface area contributed by atoms with Crippen molar-refractivity contribution >= 4 is 11.6 Å². The first-order chi connectivity index (χ1) is 12.1. The van der Waals surface area contributed by atoms with E-state index in [1.165, 1.54) is 6.07 Å². The van der Waals surface area contributed by atoms with Crippen molar-refractivity contribution in [2.45, 2.75) is 37.7 Å². The molecule has 3 rings (SSSR count). The molecule has 0 bridgehead atoms. The topological polar surface area (TPSA) is 55.8 Å². The molecule has 1 saturated heterocycles. The van der Waals surface area contributed by atoms with Crippen LogP contribution in [-0.2, 0) is 4.79 Å². The summed E-state index contributed by atoms with van der Waals surface area (Å²) in [6.45, 7) is 4.91. The Kier molecular flexibility index (Phi) is 5.91. The van der Waals surface area contributed by atoms with Crippen LogP contribution in [0.25, 0.3) is 0 Å². The van der Waals surface area contributed by atoms with Crippen LogP contribution in [0.15, 0.2) is 24.3 Å². The Bertz CT molecular complexity index is 582. The SMILES string of the molecule is O=C(NCCCN1CCN(c2ccccc2F)CC1)C1(O)CCCC1. The lowest BCUT2D eigenvalue weighted by atomic mass is 10.0. The van der Waals surface area contributed by atoms with Gasteiger partial charge in [0.05, 0.1) is 5.69 Å². The molecule has 2 aliphatic rings. The van der Waals surface area contributed by atoms with Crippen LogP contribution in [0.4, 0.5) is 10.1 Å². The smallest absolute Gasteiger partial charge is 0.251 e. The van der Waals surface area contributed by atoms with Gasteiger partial charge in [0, 0.05) is 32.7 Å². The van der Waals surface area contributed by atoms with E-state index in [1.54, 1.807) is 6.07 Å². The van der Waals surface area contributed by atoms with E-state index in [1.807, 2.05) is 12.1 Å². The Labute approximate surface area is 148 Å². The number of anilines is 1. The van der Waals surface area contributed by atoms with Crippen LogP contribution in [-0.4, -0.2) is 60.8 Å². The van der Waals surface area contributed by atoms with Gasteiger partial charge in [-0.3, -0.25) is 9.69 Å². The molecule has 0 unspecified atom stereocenters. The van der Waals surface area contributed by atoms with E-state index in [4.69, 9.17) is 0 Å². The number of carbonyl (C=O) groups excluding carboxylic acids is 1. The number of para-hydroxylation sites is 1. The molecule has 1 saturated carbocycles. The van der Waals surface area contributed by atoms with Crippen LogP contribution in [0.2, 0.25) is 0 Å². The Morgan fingerprint density at radius 3 is 2.52 bits per heavy atom. The molecule has 5 nitrogen and oxygen atoms in total. The third-order valence-electron chi connectivity index (χ3n) is 5.36. The molecule has 1 amide bonds. The number of rotatable bonds is 6. The lowest BCUT2D eigenvalue weighted by Crippen LogP contribution is -2.48. The van der Waals surface area contributed by atoms with Gasteiger partial charge >= 0.3 is 0 Å². The number of piperazine rings is 1. The molecule has 0 spiro atoms. The van der Waals surface area contributed by atoms with Crippen molar-refractivity contribution in [1.82, 2.24) is 10.2 Å². The number of benzene rings is 1. The summed E-state index contributed by atoms with van der Waals surface area (Å²) < 4.78 is 13.8. The maximum atomic E-state index is 13.8. The molecule has 2 N–H and O–H groups in total. The third-order valence-corrected chi connectivity index (χ3v) is 5.36. The van der Waals surface area contributed by atoms with Crippen LogP contribution < -0.4 is 10.2 Å². The predicted molar refractivity (Wildman–Crippen MR) is 96.1 cm³/mol. The fourth-order valence-electron chi connectivity index (χ4n) is 3.78. The molecule has 25 heavy (non-hydrogen) atoms. The molecule has 138 valence electrons. The zero-order valence-corrected chi connectivity index (χ0v) is 14.7. The van der Waals surface area contributed by atoms with E-state index in [-0.39, 0.29) is 11.7 Å². The minimum atomic E-state index is -1.13. The summed E-state index contributed by atoms with van der Waals surface area (Å²) in [5.41, 5.74) is -0.454. The normalized spacial score (nSPS) is 20.6. The van der Waals surface area contributed by atoms with E-state index in [0.29, 0.717) is 25.1 Å². The van der Waals surface area contributed by atoms with Crippen LogP contribution in [0.1, 0.15) is 32.1 Å². The number of nitrogens with one attached hydrogen (secondary N) is 1. The minimum Gasteiger partial charge on any atom is -0.380 e. The molecular formula is C19H28FN3O2. The largest absolute Gasteiger partial charge is 0.380 e. The first-order valence-electron chi connectivity index (χ1n) is 9.31. The van der Waals surface area contributed by atoms with Gasteiger partial charge in [0.25, 0.3) is 5.91 Å². The highest BCUT2D eigenvalue weighted by molar-refractivity contribution is 5.85. The molecule has 0 aromatic heterocycles. The summed E-state index contributed by atoms with van der Waals surface area (Å²) in [6, 6.07) is 6.91. The highest BCUT2D eigenvalue weighted by Gasteiger charge is 2.38. The summed E-state index contributed by atoms with van der Waals surface area (Å²) in [5.74, 6) is -0.377. The van der Waals surface area contributed by atoms with Crippen LogP contribution in [0, 0.1) is 5.82 Å². The maximum absolute atomic E-state index is 13.8. The van der Waals surface area contributed by atoms with E-state index in [9.17, 15) is 14.3 Å². The number of amides is 1. The Morgan fingerprint density at radius 1 is 1.16 bits per heavy atom. The van der Waals surface area contributed by atoms with Crippen molar-refractivity contribution in [3.05, 3.63) is 30.1 Å². The Morgan fingerprint density at radius 2 is 1.84 bits per heavy atom. The molecule has 1 aliphatic heterocycles. The number of hydrogen-bond donors (Lipinski definition) is 2. The minimum absolute atomic E-state index is 0.163. The highest BCUT2D eigenvalue weighted by atomic mass is 19.1. The van der Waals surface area contributed by atoms with Crippen molar-refractivity contribution in [3.8, 4) is 0 Å². The molecule has 1 aromatic carbocycles. The van der Waals surface area contributed by atoms with Gasteiger partial charge in [-0.1, -0.05) is 12.1 Å². The summed E-state index contributed by atoms with van der Waals surface area (Å²) in [6.07, 6.45) is 3.88. The zero-order valence-electron chi connectivity index (χ0n) is 14.7. The van der Waals surface area contributed by atoms with Crippen LogP contribution in [0.5, 0.6) is 0 Å². The molecule has 0 atom stereocenters. The second-order valence-electron chi connectivity index (χ2n) is 7.13. The van der Waals surface area contributed by atoms with E-state index >= 15 is 0 Å². The van der Waals surface area contributed by atoms with E-state index in [0.717, 1.165) is 52.0 Å². The number of hydrogen-bond acceptors (Lipinski definition) is 4. The van der Waals surface area contributed by atoms with Gasteiger partial charge in [-0.2, -0.15) is 0 Å².